The third-order valence-corrected chi connectivity index (χ3v) is 3.56. The van der Waals surface area contributed by atoms with E-state index < -0.39 is 11.6 Å². The molecule has 5 heteroatoms. The van der Waals surface area contributed by atoms with E-state index in [9.17, 15) is 9.90 Å². The number of carbonyl (C=O) groups is 1. The maximum atomic E-state index is 10.6. The van der Waals surface area contributed by atoms with Gasteiger partial charge in [0.1, 0.15) is 5.75 Å². The number of carboxylic acid groups (broad SMARTS) is 1. The second-order valence-corrected chi connectivity index (χ2v) is 4.73. The van der Waals surface area contributed by atoms with Gasteiger partial charge in [-0.1, -0.05) is 6.07 Å². The van der Waals surface area contributed by atoms with Crippen LogP contribution in [0.3, 0.4) is 0 Å². The first-order valence-corrected chi connectivity index (χ1v) is 6.06. The monoisotopic (exact) mass is 288 g/mol. The summed E-state index contributed by atoms with van der Waals surface area (Å²) < 4.78 is 11.0. The summed E-state index contributed by atoms with van der Waals surface area (Å²) in [5.74, 6) is -0.139. The van der Waals surface area contributed by atoms with Crippen molar-refractivity contribution in [2.24, 2.45) is 0 Å². The van der Waals surface area contributed by atoms with Gasteiger partial charge in [0, 0.05) is 19.5 Å². The number of fused-ring (bicyclic) bond motifs is 1. The smallest absolute Gasteiger partial charge is 0.550 e. The van der Waals surface area contributed by atoms with Gasteiger partial charge in [0.15, 0.2) is 0 Å². The van der Waals surface area contributed by atoms with Crippen molar-refractivity contribution in [3.8, 4) is 5.75 Å². The van der Waals surface area contributed by atoms with Crippen LogP contribution >= 0.6 is 0 Å². The van der Waals surface area contributed by atoms with E-state index in [1.165, 1.54) is 0 Å². The van der Waals surface area contributed by atoms with E-state index in [-0.39, 0.29) is 57.8 Å². The Balaban J connectivity index is 0.00000180. The van der Waals surface area contributed by atoms with Crippen LogP contribution in [0.2, 0.25) is 0 Å². The normalized spacial score (nSPS) is 15.9. The largest absolute Gasteiger partial charge is 1.00 e. The second-order valence-electron chi connectivity index (χ2n) is 4.73. The molecule has 0 radical (unpaired) electrons. The molecule has 0 saturated carbocycles. The summed E-state index contributed by atoms with van der Waals surface area (Å²) in [6.45, 7) is 2.61. The van der Waals surface area contributed by atoms with Gasteiger partial charge in [0.05, 0.1) is 12.2 Å². The van der Waals surface area contributed by atoms with Gasteiger partial charge < -0.3 is 19.4 Å². The first-order chi connectivity index (χ1) is 8.55. The van der Waals surface area contributed by atoms with E-state index in [0.29, 0.717) is 13.0 Å². The number of rotatable bonds is 5. The van der Waals surface area contributed by atoms with Gasteiger partial charge in [0.25, 0.3) is 0 Å². The molecular weight excluding hydrogens is 271 g/mol. The van der Waals surface area contributed by atoms with E-state index in [1.807, 2.05) is 25.1 Å². The topological polar surface area (TPSA) is 58.6 Å². The summed E-state index contributed by atoms with van der Waals surface area (Å²) in [5.41, 5.74) is 1.54. The molecule has 1 aromatic rings. The Morgan fingerprint density at radius 1 is 1.53 bits per heavy atom. The molecule has 1 aliphatic heterocycles. The number of aliphatic carboxylic acids is 1. The first kappa shape index (κ1) is 17.1. The van der Waals surface area contributed by atoms with Crippen LogP contribution in [-0.4, -0.2) is 19.7 Å². The molecule has 0 bridgehead atoms. The second kappa shape index (κ2) is 7.20. The van der Waals surface area contributed by atoms with Crippen molar-refractivity contribution in [3.63, 3.8) is 0 Å². The summed E-state index contributed by atoms with van der Waals surface area (Å²) in [7, 11) is 1.60. The van der Waals surface area contributed by atoms with E-state index in [4.69, 9.17) is 9.47 Å². The van der Waals surface area contributed by atoms with Gasteiger partial charge in [-0.3, -0.25) is 0 Å². The SMILES string of the molecule is COC(C)(CCC(=O)[O-])c1ccc2c(c1)CCO2.[K+]. The fourth-order valence-corrected chi connectivity index (χ4v) is 2.22. The Morgan fingerprint density at radius 3 is 2.89 bits per heavy atom. The first-order valence-electron chi connectivity index (χ1n) is 6.06. The van der Waals surface area contributed by atoms with Crippen molar-refractivity contribution in [2.45, 2.75) is 31.8 Å². The zero-order chi connectivity index (χ0) is 13.2. The quantitative estimate of drug-likeness (QED) is 0.589. The Hall–Kier alpha value is 0.0864. The molecule has 0 N–H and O–H groups in total. The van der Waals surface area contributed by atoms with Crippen LogP contribution in [0.5, 0.6) is 5.75 Å². The Kier molecular flexibility index (Phi) is 6.49. The fourth-order valence-electron chi connectivity index (χ4n) is 2.22. The number of hydrogen-bond acceptors (Lipinski definition) is 4. The molecule has 1 atom stereocenters. The van der Waals surface area contributed by atoms with Crippen LogP contribution in [-0.2, 0) is 21.6 Å². The number of carbonyl (C=O) groups excluding carboxylic acids is 1. The molecule has 0 amide bonds. The van der Waals surface area contributed by atoms with Crippen LogP contribution < -0.4 is 61.2 Å². The van der Waals surface area contributed by atoms with Crippen molar-refractivity contribution in [1.82, 2.24) is 0 Å². The Morgan fingerprint density at radius 2 is 2.26 bits per heavy atom. The molecule has 19 heavy (non-hydrogen) atoms. The molecular formula is C14H17KO4. The van der Waals surface area contributed by atoms with Gasteiger partial charge in [-0.25, -0.2) is 0 Å². The average Bonchev–Trinajstić information content (AvgIpc) is 2.83. The molecule has 0 spiro atoms. The summed E-state index contributed by atoms with van der Waals surface area (Å²) in [6.07, 6.45) is 1.27. The van der Waals surface area contributed by atoms with Crippen molar-refractivity contribution in [2.75, 3.05) is 13.7 Å². The summed E-state index contributed by atoms with van der Waals surface area (Å²) in [6, 6.07) is 5.90. The fraction of sp³-hybridized carbons (Fsp3) is 0.500. The molecule has 0 fully saturated rings. The number of benzene rings is 1. The third-order valence-electron chi connectivity index (χ3n) is 3.56. The Bertz CT molecular complexity index is 461. The maximum Gasteiger partial charge on any atom is 1.00 e. The van der Waals surface area contributed by atoms with Crippen molar-refractivity contribution in [1.29, 1.82) is 0 Å². The van der Waals surface area contributed by atoms with E-state index >= 15 is 0 Å². The third kappa shape index (κ3) is 4.03. The number of methoxy groups -OCH3 is 1. The number of carboxylic acids is 1. The van der Waals surface area contributed by atoms with E-state index in [0.717, 1.165) is 23.3 Å². The molecule has 0 aliphatic carbocycles. The van der Waals surface area contributed by atoms with Crippen molar-refractivity contribution in [3.05, 3.63) is 29.3 Å². The minimum atomic E-state index is -1.05. The van der Waals surface area contributed by atoms with Gasteiger partial charge in [0.2, 0.25) is 0 Å². The molecule has 4 nitrogen and oxygen atoms in total. The average molecular weight is 288 g/mol. The van der Waals surface area contributed by atoms with Crippen LogP contribution in [0.15, 0.2) is 18.2 Å². The van der Waals surface area contributed by atoms with Crippen molar-refractivity contribution >= 4 is 5.97 Å². The number of hydrogen-bond donors (Lipinski definition) is 0. The van der Waals surface area contributed by atoms with Gasteiger partial charge in [-0.05, 0) is 43.0 Å². The van der Waals surface area contributed by atoms with Crippen LogP contribution in [0.25, 0.3) is 0 Å². The van der Waals surface area contributed by atoms with Gasteiger partial charge in [-0.2, -0.15) is 0 Å². The van der Waals surface area contributed by atoms with Crippen LogP contribution in [0.1, 0.15) is 30.9 Å². The minimum absolute atomic E-state index is 0. The van der Waals surface area contributed by atoms with Crippen LogP contribution in [0.4, 0.5) is 0 Å². The molecule has 2 rings (SSSR count). The number of ether oxygens (including phenoxy) is 2. The molecule has 1 unspecified atom stereocenters. The predicted molar refractivity (Wildman–Crippen MR) is 64.2 cm³/mol. The molecule has 1 aromatic carbocycles. The standard InChI is InChI=1S/C14H18O4.K/c1-14(17-2,7-5-13(15)16)11-3-4-12-10(9-11)6-8-18-12;/h3-4,9H,5-8H2,1-2H3,(H,15,16);/q;+1/p-1. The molecule has 0 saturated heterocycles. The summed E-state index contributed by atoms with van der Waals surface area (Å²) in [4.78, 5) is 10.6. The molecule has 98 valence electrons. The molecule has 1 aliphatic rings. The molecule has 1 heterocycles. The summed E-state index contributed by atoms with van der Waals surface area (Å²) in [5, 5.41) is 10.6. The minimum Gasteiger partial charge on any atom is -0.550 e. The Labute approximate surface area is 155 Å². The molecule has 0 aromatic heterocycles. The van der Waals surface area contributed by atoms with E-state index in [2.05, 4.69) is 0 Å². The predicted octanol–water partition coefficient (Wildman–Crippen LogP) is -1.98. The van der Waals surface area contributed by atoms with E-state index in [1.54, 1.807) is 7.11 Å². The zero-order valence-electron chi connectivity index (χ0n) is 11.7. The van der Waals surface area contributed by atoms with Gasteiger partial charge in [-0.15, -0.1) is 0 Å². The van der Waals surface area contributed by atoms with Crippen LogP contribution in [0, 0.1) is 0 Å². The van der Waals surface area contributed by atoms with Gasteiger partial charge >= 0.3 is 51.4 Å². The zero-order valence-corrected chi connectivity index (χ0v) is 14.8. The maximum absolute atomic E-state index is 10.6. The summed E-state index contributed by atoms with van der Waals surface area (Å²) >= 11 is 0. The van der Waals surface area contributed by atoms with Crippen molar-refractivity contribution < 1.29 is 70.8 Å².